The van der Waals surface area contributed by atoms with E-state index in [4.69, 9.17) is 15.2 Å². The van der Waals surface area contributed by atoms with Crippen molar-refractivity contribution in [3.8, 4) is 5.75 Å². The molecule has 0 saturated heterocycles. The van der Waals surface area contributed by atoms with Crippen LogP contribution >= 0.6 is 0 Å². The van der Waals surface area contributed by atoms with Crippen LogP contribution in [0, 0.1) is 0 Å². The zero-order valence-electron chi connectivity index (χ0n) is 18.3. The molecule has 174 valence electrons. The number of nitrogens with one attached hydrogen (secondary N) is 1. The highest BCUT2D eigenvalue weighted by Gasteiger charge is 2.27. The molecule has 1 aromatic heterocycles. The molecule has 1 unspecified atom stereocenters. The monoisotopic (exact) mass is 457 g/mol. The van der Waals surface area contributed by atoms with Gasteiger partial charge < -0.3 is 20.1 Å². The van der Waals surface area contributed by atoms with E-state index in [-0.39, 0.29) is 5.96 Å². The van der Waals surface area contributed by atoms with Gasteiger partial charge >= 0.3 is 0 Å². The minimum absolute atomic E-state index is 0.126. The summed E-state index contributed by atoms with van der Waals surface area (Å²) in [7, 11) is 1.81. The number of nitrogens with two attached hydrogens (primary N) is 1. The fraction of sp³-hybridized carbons (Fsp3) is 0.318. The van der Waals surface area contributed by atoms with E-state index in [1.54, 1.807) is 53.4 Å². The molecule has 2 heterocycles. The van der Waals surface area contributed by atoms with E-state index in [1.165, 1.54) is 4.57 Å². The first-order valence-electron chi connectivity index (χ1n) is 10.5. The Morgan fingerprint density at radius 3 is 2.76 bits per heavy atom. The summed E-state index contributed by atoms with van der Waals surface area (Å²) in [6.07, 6.45) is -3.84. The summed E-state index contributed by atoms with van der Waals surface area (Å²) in [6.45, 7) is 3.48. The summed E-state index contributed by atoms with van der Waals surface area (Å²) >= 11 is 0. The average Bonchev–Trinajstić information content (AvgIpc) is 3.19. The highest BCUT2D eigenvalue weighted by Crippen LogP contribution is 2.25. The lowest BCUT2D eigenvalue weighted by Crippen LogP contribution is -2.50. The number of anilines is 1. The summed E-state index contributed by atoms with van der Waals surface area (Å²) < 4.78 is 40.4. The van der Waals surface area contributed by atoms with Crippen LogP contribution in [0.5, 0.6) is 5.75 Å². The van der Waals surface area contributed by atoms with Crippen LogP contribution in [0.4, 0.5) is 14.5 Å². The molecule has 33 heavy (non-hydrogen) atoms. The zero-order valence-corrected chi connectivity index (χ0v) is 18.3. The molecule has 0 aliphatic carbocycles. The molecule has 1 aliphatic heterocycles. The number of likely N-dealkylation sites (N-methyl/N-ethyl adjacent to an activating group) is 1. The van der Waals surface area contributed by atoms with Crippen LogP contribution in [0.2, 0.25) is 0 Å². The van der Waals surface area contributed by atoms with Gasteiger partial charge in [0.15, 0.2) is 5.82 Å². The lowest BCUT2D eigenvalue weighted by molar-refractivity contribution is 0.135. The quantitative estimate of drug-likeness (QED) is 0.418. The van der Waals surface area contributed by atoms with Gasteiger partial charge in [-0.05, 0) is 31.2 Å². The molecule has 3 N–H and O–H groups in total. The lowest BCUT2D eigenvalue weighted by Gasteiger charge is -2.28. The van der Waals surface area contributed by atoms with E-state index in [2.05, 4.69) is 20.3 Å². The van der Waals surface area contributed by atoms with Gasteiger partial charge in [-0.2, -0.15) is 9.98 Å². The Morgan fingerprint density at radius 2 is 2.00 bits per heavy atom. The van der Waals surface area contributed by atoms with Crippen molar-refractivity contribution in [3.63, 3.8) is 0 Å². The van der Waals surface area contributed by atoms with Gasteiger partial charge in [-0.15, -0.1) is 0 Å². The van der Waals surface area contributed by atoms with Gasteiger partial charge in [0.25, 0.3) is 12.8 Å². The minimum Gasteiger partial charge on any atom is -0.449 e. The number of rotatable bonds is 7. The highest BCUT2D eigenvalue weighted by molar-refractivity contribution is 6.04. The number of para-hydroxylation sites is 2. The summed E-state index contributed by atoms with van der Waals surface area (Å²) in [5.41, 5.74) is 7.28. The zero-order chi connectivity index (χ0) is 23.4. The molecule has 0 spiro atoms. The molecular weight excluding hydrogens is 432 g/mol. The van der Waals surface area contributed by atoms with Crippen molar-refractivity contribution in [1.82, 2.24) is 19.8 Å². The second-order valence-electron chi connectivity index (χ2n) is 7.26. The fourth-order valence-electron chi connectivity index (χ4n) is 3.34. The third-order valence-electron chi connectivity index (χ3n) is 4.92. The molecule has 2 aromatic carbocycles. The van der Waals surface area contributed by atoms with Gasteiger partial charge in [-0.3, -0.25) is 9.88 Å². The molecule has 0 radical (unpaired) electrons. The van der Waals surface area contributed by atoms with Crippen LogP contribution in [0.25, 0.3) is 11.0 Å². The maximum Gasteiger partial charge on any atom is 0.296 e. The topological polar surface area (TPSA) is 102 Å². The lowest BCUT2D eigenvalue weighted by atomic mass is 10.3. The Balaban J connectivity index is 1.73. The van der Waals surface area contributed by atoms with Crippen molar-refractivity contribution in [1.29, 1.82) is 0 Å². The van der Waals surface area contributed by atoms with E-state index in [1.807, 2.05) is 14.0 Å². The van der Waals surface area contributed by atoms with Crippen LogP contribution in [0.15, 0.2) is 58.5 Å². The minimum atomic E-state index is -2.81. The Morgan fingerprint density at radius 1 is 1.18 bits per heavy atom. The summed E-state index contributed by atoms with van der Waals surface area (Å²) in [4.78, 5) is 14.9. The summed E-state index contributed by atoms with van der Waals surface area (Å²) in [5, 5.41) is 3.05. The van der Waals surface area contributed by atoms with Gasteiger partial charge in [0, 0.05) is 32.0 Å². The Labute approximate surface area is 189 Å². The molecule has 1 aliphatic rings. The molecule has 1 atom stereocenters. The second-order valence-corrected chi connectivity index (χ2v) is 7.26. The van der Waals surface area contributed by atoms with Crippen molar-refractivity contribution in [2.24, 2.45) is 9.98 Å². The number of nitrogens with zero attached hydrogens (tertiary/aromatic N) is 5. The molecule has 4 rings (SSSR count). The summed E-state index contributed by atoms with van der Waals surface area (Å²) in [6, 6.07) is 13.7. The number of nitrogen functional groups attached to an aromatic ring is 1. The summed E-state index contributed by atoms with van der Waals surface area (Å²) in [5.74, 6) is 0.547. The Hall–Kier alpha value is -3.73. The van der Waals surface area contributed by atoms with E-state index in [0.29, 0.717) is 48.2 Å². The number of aliphatic imine (C=N–C) groups is 2. The van der Waals surface area contributed by atoms with E-state index < -0.39 is 18.6 Å². The first-order chi connectivity index (χ1) is 16.0. The van der Waals surface area contributed by atoms with Gasteiger partial charge in [0.1, 0.15) is 5.75 Å². The number of benzene rings is 2. The SMILES string of the molecule is CCOCCN(C)C1=NC(Oc2cccc(N)c2)N=C(n2c(C(F)F)nc3ccccc32)N1. The maximum absolute atomic E-state index is 13.9. The molecule has 0 amide bonds. The van der Waals surface area contributed by atoms with Crippen LogP contribution in [0.3, 0.4) is 0 Å². The molecule has 0 fully saturated rings. The number of halogens is 2. The van der Waals surface area contributed by atoms with Crippen molar-refractivity contribution in [2.45, 2.75) is 19.7 Å². The van der Waals surface area contributed by atoms with Crippen molar-refractivity contribution < 1.29 is 18.3 Å². The Bertz CT molecular complexity index is 1180. The first-order valence-corrected chi connectivity index (χ1v) is 10.5. The van der Waals surface area contributed by atoms with E-state index >= 15 is 0 Å². The normalized spacial score (nSPS) is 15.8. The van der Waals surface area contributed by atoms with Crippen LogP contribution in [0.1, 0.15) is 19.2 Å². The number of ether oxygens (including phenoxy) is 2. The third-order valence-corrected chi connectivity index (χ3v) is 4.92. The number of guanidine groups is 1. The van der Waals surface area contributed by atoms with Crippen LogP contribution < -0.4 is 15.8 Å². The second kappa shape index (κ2) is 9.82. The predicted molar refractivity (Wildman–Crippen MR) is 122 cm³/mol. The number of fused-ring (bicyclic) bond motifs is 1. The first kappa shape index (κ1) is 22.5. The van der Waals surface area contributed by atoms with Crippen LogP contribution in [-0.2, 0) is 4.74 Å². The number of imidazole rings is 1. The smallest absolute Gasteiger partial charge is 0.296 e. The van der Waals surface area contributed by atoms with Crippen molar-refractivity contribution in [3.05, 3.63) is 54.4 Å². The van der Waals surface area contributed by atoms with E-state index in [9.17, 15) is 8.78 Å². The van der Waals surface area contributed by atoms with Crippen molar-refractivity contribution >= 4 is 28.6 Å². The van der Waals surface area contributed by atoms with Gasteiger partial charge in [0.05, 0.1) is 17.6 Å². The van der Waals surface area contributed by atoms with Crippen molar-refractivity contribution in [2.75, 3.05) is 32.5 Å². The molecule has 9 nitrogen and oxygen atoms in total. The highest BCUT2D eigenvalue weighted by atomic mass is 19.3. The average molecular weight is 457 g/mol. The predicted octanol–water partition coefficient (Wildman–Crippen LogP) is 3.05. The van der Waals surface area contributed by atoms with Gasteiger partial charge in [-0.25, -0.2) is 13.8 Å². The largest absolute Gasteiger partial charge is 0.449 e. The number of hydrogen-bond acceptors (Lipinski definition) is 8. The standard InChI is InChI=1S/C22H25F2N7O2/c1-3-32-12-11-30(2)20-27-21(29-22(28-20)33-15-8-6-7-14(25)13-15)31-17-10-5-4-9-16(17)26-19(31)18(23)24/h4-10,13,18,22H,3,11-12,25H2,1-2H3,(H,27,28,29). The molecule has 0 saturated carbocycles. The Kier molecular flexibility index (Phi) is 6.68. The molecule has 0 bridgehead atoms. The number of hydrogen-bond donors (Lipinski definition) is 2. The third kappa shape index (κ3) is 5.03. The molecular formula is C22H25F2N7O2. The fourth-order valence-corrected chi connectivity index (χ4v) is 3.34. The number of alkyl halides is 2. The molecule has 11 heteroatoms. The number of aromatic nitrogens is 2. The molecule has 3 aromatic rings. The van der Waals surface area contributed by atoms with E-state index in [0.717, 1.165) is 0 Å². The van der Waals surface area contributed by atoms with Gasteiger partial charge in [0.2, 0.25) is 11.9 Å². The van der Waals surface area contributed by atoms with Crippen LogP contribution in [-0.4, -0.2) is 59.5 Å². The maximum atomic E-state index is 13.9. The van der Waals surface area contributed by atoms with Gasteiger partial charge in [-0.1, -0.05) is 18.2 Å².